The zero-order valence-electron chi connectivity index (χ0n) is 33.0. The van der Waals surface area contributed by atoms with Crippen LogP contribution in [0.25, 0.3) is 22.0 Å². The second kappa shape index (κ2) is 19.0. The van der Waals surface area contributed by atoms with Crippen LogP contribution in [0.4, 0.5) is 22.9 Å². The molecule has 1 unspecified atom stereocenters. The molecule has 0 radical (unpaired) electrons. The number of hydrogen-bond donors (Lipinski definition) is 3. The minimum atomic E-state index is -4.27. The molecule has 8 rings (SSSR count). The van der Waals surface area contributed by atoms with Gasteiger partial charge >= 0.3 is 0 Å². The van der Waals surface area contributed by atoms with Gasteiger partial charge in [-0.1, -0.05) is 72.6 Å². The average Bonchev–Trinajstić information content (AvgIpc) is 3.24. The number of nitro benzene ring substituents is 1. The van der Waals surface area contributed by atoms with Crippen molar-refractivity contribution in [2.75, 3.05) is 53.4 Å². The first-order chi connectivity index (χ1) is 29.2. The molecule has 0 bridgehead atoms. The molecule has 3 N–H and O–H groups in total. The number of sulfonamides is 1. The Labute approximate surface area is 360 Å². The molecule has 1 atom stereocenters. The van der Waals surface area contributed by atoms with Gasteiger partial charge in [-0.15, -0.1) is 11.8 Å². The predicted molar refractivity (Wildman–Crippen MR) is 243 cm³/mol. The quantitative estimate of drug-likeness (QED) is 0.0459. The third-order valence-electron chi connectivity index (χ3n) is 11.2. The Bertz CT molecular complexity index is 2540. The molecule has 12 nitrogen and oxygen atoms in total. The summed E-state index contributed by atoms with van der Waals surface area (Å²) >= 11 is 7.82. The second-order valence-electron chi connectivity index (χ2n) is 15.2. The first kappa shape index (κ1) is 41.5. The predicted octanol–water partition coefficient (Wildman–Crippen LogP) is 9.09. The molecule has 15 heteroatoms. The van der Waals surface area contributed by atoms with Crippen molar-refractivity contribution in [2.45, 2.75) is 54.1 Å². The van der Waals surface area contributed by atoms with E-state index in [1.165, 1.54) is 48.8 Å². The highest BCUT2D eigenvalue weighted by Gasteiger charge is 2.26. The van der Waals surface area contributed by atoms with Gasteiger partial charge in [-0.3, -0.25) is 19.7 Å². The summed E-state index contributed by atoms with van der Waals surface area (Å²) in [4.78, 5) is 26.2. The molecule has 0 spiro atoms. The standard InChI is InChI=1S/C45H47ClN8O4S2/c46-34-15-13-32(14-16-34)40-12-5-4-7-33(40)29-52-23-25-53(26-24-52)37-17-19-41-43(27-37)48-31-49-45(41)51-60(57,58)39-18-20-42(44(28-39)54(55)56)50-36(21-22-47-35-8-6-9-35)30-59-38-10-2-1-3-11-38/h1-5,7,10-20,27-28,31,35-36,47,50H,6,8-9,21-26,29-30H2,(H,48,49,51). The Morgan fingerprint density at radius 2 is 1.65 bits per heavy atom. The summed E-state index contributed by atoms with van der Waals surface area (Å²) in [6.07, 6.45) is 5.63. The molecular formula is C45H47ClN8O4S2. The zero-order chi connectivity index (χ0) is 41.5. The fraction of sp³-hybridized carbons (Fsp3) is 0.289. The molecular weight excluding hydrogens is 816 g/mol. The highest BCUT2D eigenvalue weighted by Crippen LogP contribution is 2.33. The minimum Gasteiger partial charge on any atom is -0.376 e. The van der Waals surface area contributed by atoms with Gasteiger partial charge in [0, 0.05) is 77.6 Å². The van der Waals surface area contributed by atoms with Crippen molar-refractivity contribution in [3.63, 3.8) is 0 Å². The molecule has 0 amide bonds. The Hall–Kier alpha value is -5.25. The van der Waals surface area contributed by atoms with Crippen LogP contribution in [0.3, 0.4) is 0 Å². The van der Waals surface area contributed by atoms with E-state index in [2.05, 4.69) is 71.5 Å². The van der Waals surface area contributed by atoms with Gasteiger partial charge in [0.05, 0.1) is 15.3 Å². The highest BCUT2D eigenvalue weighted by molar-refractivity contribution is 7.99. The topological polar surface area (TPSA) is 146 Å². The first-order valence-corrected chi connectivity index (χ1v) is 23.1. The van der Waals surface area contributed by atoms with Crippen LogP contribution in [-0.4, -0.2) is 78.8 Å². The number of aromatic nitrogens is 2. The lowest BCUT2D eigenvalue weighted by Gasteiger charge is -2.36. The summed E-state index contributed by atoms with van der Waals surface area (Å²) in [5.74, 6) is 0.770. The maximum absolute atomic E-state index is 13.8. The number of hydrogen-bond acceptors (Lipinski definition) is 11. The van der Waals surface area contributed by atoms with Crippen LogP contribution in [-0.2, 0) is 16.6 Å². The lowest BCUT2D eigenvalue weighted by Crippen LogP contribution is -2.46. The summed E-state index contributed by atoms with van der Waals surface area (Å²) in [6, 6.07) is 36.5. The number of halogens is 1. The summed E-state index contributed by atoms with van der Waals surface area (Å²) in [5, 5.41) is 20.6. The molecule has 1 saturated heterocycles. The van der Waals surface area contributed by atoms with Gasteiger partial charge in [-0.25, -0.2) is 18.4 Å². The third kappa shape index (κ3) is 10.2. The number of thioether (sulfide) groups is 1. The van der Waals surface area contributed by atoms with Crippen LogP contribution in [0.5, 0.6) is 0 Å². The fourth-order valence-corrected chi connectivity index (χ4v) is 9.81. The molecule has 5 aromatic carbocycles. The van der Waals surface area contributed by atoms with E-state index < -0.39 is 14.9 Å². The van der Waals surface area contributed by atoms with Crippen LogP contribution in [0.1, 0.15) is 31.2 Å². The summed E-state index contributed by atoms with van der Waals surface area (Å²) in [7, 11) is -4.27. The number of benzene rings is 5. The minimum absolute atomic E-state index is 0.0949. The van der Waals surface area contributed by atoms with E-state index in [0.717, 1.165) is 67.9 Å². The number of piperazine rings is 1. The summed E-state index contributed by atoms with van der Waals surface area (Å²) in [5.41, 5.74) is 5.11. The summed E-state index contributed by atoms with van der Waals surface area (Å²) in [6.45, 7) is 4.96. The average molecular weight is 864 g/mol. The molecule has 2 fully saturated rings. The van der Waals surface area contributed by atoms with E-state index in [1.54, 1.807) is 11.8 Å². The zero-order valence-corrected chi connectivity index (χ0v) is 35.4. The lowest BCUT2D eigenvalue weighted by molar-refractivity contribution is -0.384. The van der Waals surface area contributed by atoms with Crippen molar-refractivity contribution >= 4 is 67.2 Å². The molecule has 2 heterocycles. The van der Waals surface area contributed by atoms with Crippen molar-refractivity contribution in [3.8, 4) is 11.1 Å². The van der Waals surface area contributed by atoms with Gasteiger partial charge in [0.15, 0.2) is 5.82 Å². The maximum Gasteiger partial charge on any atom is 0.293 e. The monoisotopic (exact) mass is 862 g/mol. The van der Waals surface area contributed by atoms with E-state index in [0.29, 0.717) is 27.7 Å². The van der Waals surface area contributed by atoms with Gasteiger partial charge in [0.2, 0.25) is 0 Å². The van der Waals surface area contributed by atoms with Crippen LogP contribution in [0, 0.1) is 10.1 Å². The number of anilines is 3. The van der Waals surface area contributed by atoms with Gasteiger partial charge in [0.25, 0.3) is 15.7 Å². The van der Waals surface area contributed by atoms with Crippen LogP contribution >= 0.6 is 23.4 Å². The number of nitro groups is 1. The molecule has 60 heavy (non-hydrogen) atoms. The Morgan fingerprint density at radius 3 is 2.40 bits per heavy atom. The molecule has 1 aliphatic heterocycles. The number of rotatable bonds is 17. The van der Waals surface area contributed by atoms with E-state index in [9.17, 15) is 18.5 Å². The molecule has 2 aliphatic rings. The highest BCUT2D eigenvalue weighted by atomic mass is 35.5. The third-order valence-corrected chi connectivity index (χ3v) is 14.0. The largest absolute Gasteiger partial charge is 0.376 e. The van der Waals surface area contributed by atoms with Crippen molar-refractivity contribution in [1.29, 1.82) is 0 Å². The number of nitrogens with zero attached hydrogens (tertiary/aromatic N) is 5. The molecule has 310 valence electrons. The van der Waals surface area contributed by atoms with Gasteiger partial charge < -0.3 is 15.5 Å². The Kier molecular flexibility index (Phi) is 13.1. The Balaban J connectivity index is 0.929. The van der Waals surface area contributed by atoms with Gasteiger partial charge in [-0.05, 0) is 97.1 Å². The van der Waals surface area contributed by atoms with Gasteiger partial charge in [0.1, 0.15) is 12.0 Å². The van der Waals surface area contributed by atoms with E-state index in [4.69, 9.17) is 11.6 Å². The van der Waals surface area contributed by atoms with Gasteiger partial charge in [-0.2, -0.15) is 0 Å². The van der Waals surface area contributed by atoms with Crippen LogP contribution in [0.2, 0.25) is 5.02 Å². The van der Waals surface area contributed by atoms with Crippen molar-refractivity contribution in [1.82, 2.24) is 20.2 Å². The molecule has 1 aromatic heterocycles. The van der Waals surface area contributed by atoms with E-state index in [-0.39, 0.29) is 28.1 Å². The van der Waals surface area contributed by atoms with E-state index in [1.807, 2.05) is 60.7 Å². The number of nitrogens with one attached hydrogen (secondary N) is 3. The molecule has 1 saturated carbocycles. The van der Waals surface area contributed by atoms with Crippen LogP contribution < -0.4 is 20.3 Å². The van der Waals surface area contributed by atoms with Crippen molar-refractivity contribution < 1.29 is 13.3 Å². The molecule has 6 aromatic rings. The fourth-order valence-electron chi connectivity index (χ4n) is 7.64. The summed E-state index contributed by atoms with van der Waals surface area (Å²) < 4.78 is 30.2. The van der Waals surface area contributed by atoms with Crippen molar-refractivity contribution in [3.05, 3.63) is 142 Å². The SMILES string of the molecule is O=[N+]([O-])c1cc(S(=O)(=O)Nc2ncnc3cc(N4CCN(Cc5ccccc5-c5ccc(Cl)cc5)CC4)ccc23)ccc1NC(CCNC1CCC1)CSc1ccccc1. The number of fused-ring (bicyclic) bond motifs is 1. The second-order valence-corrected chi connectivity index (χ2v) is 18.4. The van der Waals surface area contributed by atoms with Crippen molar-refractivity contribution in [2.24, 2.45) is 0 Å². The Morgan fingerprint density at radius 1 is 0.883 bits per heavy atom. The first-order valence-electron chi connectivity index (χ1n) is 20.2. The lowest BCUT2D eigenvalue weighted by atomic mass is 9.93. The normalized spacial score (nSPS) is 15.4. The smallest absolute Gasteiger partial charge is 0.293 e. The van der Waals surface area contributed by atoms with Crippen LogP contribution in [0.15, 0.2) is 131 Å². The van der Waals surface area contributed by atoms with E-state index >= 15 is 0 Å². The molecule has 1 aliphatic carbocycles. The maximum atomic E-state index is 13.8.